The second kappa shape index (κ2) is 11.7. The highest BCUT2D eigenvalue weighted by atomic mass is 32.1. The molecule has 0 bridgehead atoms. The zero-order valence-electron chi connectivity index (χ0n) is 17.8. The maximum absolute atomic E-state index is 12.8. The number of aromatic nitrogens is 2. The minimum atomic E-state index is -0.578. The van der Waals surface area contributed by atoms with Crippen LogP contribution >= 0.6 is 11.3 Å². The van der Waals surface area contributed by atoms with Gasteiger partial charge in [-0.25, -0.2) is 0 Å². The van der Waals surface area contributed by atoms with Gasteiger partial charge in [-0.2, -0.15) is 0 Å². The molecular formula is C22H32N4O2S. The second-order valence-corrected chi connectivity index (χ2v) is 8.49. The standard InChI is InChI=1S/C22H32N4O2S/c1-5-7-8-9-10-18(27)23-19(16(4)6-2)20(28)24-22-26-25-21(29-22)17-13-11-15(3)12-14-17/h11-14,16,19H,5-10H2,1-4H3,(H,23,27)(H,24,26,28)/t16-,19+/m0/s1. The summed E-state index contributed by atoms with van der Waals surface area (Å²) >= 11 is 1.33. The third-order valence-electron chi connectivity index (χ3n) is 5.02. The van der Waals surface area contributed by atoms with Gasteiger partial charge in [-0.15, -0.1) is 10.2 Å². The van der Waals surface area contributed by atoms with Crippen molar-refractivity contribution in [2.75, 3.05) is 5.32 Å². The molecule has 2 aromatic rings. The highest BCUT2D eigenvalue weighted by Crippen LogP contribution is 2.26. The number of rotatable bonds is 11. The van der Waals surface area contributed by atoms with Crippen LogP contribution in [0.3, 0.4) is 0 Å². The normalized spacial score (nSPS) is 13.0. The summed E-state index contributed by atoms with van der Waals surface area (Å²) in [7, 11) is 0. The van der Waals surface area contributed by atoms with E-state index < -0.39 is 6.04 Å². The highest BCUT2D eigenvalue weighted by molar-refractivity contribution is 7.18. The average Bonchev–Trinajstić information content (AvgIpc) is 3.17. The summed E-state index contributed by atoms with van der Waals surface area (Å²) < 4.78 is 0. The van der Waals surface area contributed by atoms with Crippen LogP contribution in [-0.4, -0.2) is 28.1 Å². The maximum Gasteiger partial charge on any atom is 0.249 e. The molecule has 0 saturated heterocycles. The van der Waals surface area contributed by atoms with E-state index >= 15 is 0 Å². The van der Waals surface area contributed by atoms with E-state index in [2.05, 4.69) is 27.8 Å². The van der Waals surface area contributed by atoms with Crippen LogP contribution in [0.15, 0.2) is 24.3 Å². The predicted octanol–water partition coefficient (Wildman–Crippen LogP) is 4.95. The lowest BCUT2D eigenvalue weighted by Crippen LogP contribution is -2.47. The van der Waals surface area contributed by atoms with Crippen molar-refractivity contribution in [2.45, 2.75) is 72.3 Å². The first-order valence-electron chi connectivity index (χ1n) is 10.4. The van der Waals surface area contributed by atoms with Gasteiger partial charge in [0.25, 0.3) is 0 Å². The number of carbonyl (C=O) groups excluding carboxylic acids is 2. The third kappa shape index (κ3) is 7.24. The first-order valence-corrected chi connectivity index (χ1v) is 11.3. The van der Waals surface area contributed by atoms with Gasteiger partial charge in [0, 0.05) is 12.0 Å². The summed E-state index contributed by atoms with van der Waals surface area (Å²) in [5.74, 6) is -0.286. The number of benzene rings is 1. The average molecular weight is 417 g/mol. The molecule has 0 fully saturated rings. The lowest BCUT2D eigenvalue weighted by Gasteiger charge is -2.23. The number of aryl methyl sites for hydroxylation is 1. The zero-order chi connectivity index (χ0) is 21.2. The summed E-state index contributed by atoms with van der Waals surface area (Å²) in [5, 5.41) is 15.2. The number of hydrogen-bond donors (Lipinski definition) is 2. The molecule has 7 heteroatoms. The van der Waals surface area contributed by atoms with Crippen LogP contribution < -0.4 is 10.6 Å². The van der Waals surface area contributed by atoms with E-state index in [4.69, 9.17) is 0 Å². The molecule has 1 aromatic carbocycles. The monoisotopic (exact) mass is 416 g/mol. The van der Waals surface area contributed by atoms with Crippen LogP contribution in [0.2, 0.25) is 0 Å². The molecule has 158 valence electrons. The van der Waals surface area contributed by atoms with Crippen molar-refractivity contribution >= 4 is 28.3 Å². The summed E-state index contributed by atoms with van der Waals surface area (Å²) in [6.07, 6.45) is 5.39. The van der Waals surface area contributed by atoms with E-state index in [1.54, 1.807) is 0 Å². The van der Waals surface area contributed by atoms with Crippen molar-refractivity contribution in [2.24, 2.45) is 5.92 Å². The van der Waals surface area contributed by atoms with Gasteiger partial charge in [-0.05, 0) is 19.3 Å². The molecule has 0 unspecified atom stereocenters. The van der Waals surface area contributed by atoms with E-state index in [9.17, 15) is 9.59 Å². The van der Waals surface area contributed by atoms with Crippen molar-refractivity contribution in [3.8, 4) is 10.6 Å². The summed E-state index contributed by atoms with van der Waals surface area (Å²) in [6.45, 7) is 8.15. The first kappa shape index (κ1) is 23.0. The van der Waals surface area contributed by atoms with Crippen molar-refractivity contribution in [1.29, 1.82) is 0 Å². The van der Waals surface area contributed by atoms with Crippen LogP contribution in [0.1, 0.15) is 64.9 Å². The van der Waals surface area contributed by atoms with Gasteiger partial charge < -0.3 is 5.32 Å². The molecule has 2 amide bonds. The molecule has 2 N–H and O–H groups in total. The van der Waals surface area contributed by atoms with Crippen LogP contribution in [0.5, 0.6) is 0 Å². The topological polar surface area (TPSA) is 84.0 Å². The molecule has 0 radical (unpaired) electrons. The van der Waals surface area contributed by atoms with Gasteiger partial charge in [0.15, 0.2) is 0 Å². The van der Waals surface area contributed by atoms with Crippen molar-refractivity contribution in [1.82, 2.24) is 15.5 Å². The van der Waals surface area contributed by atoms with Crippen molar-refractivity contribution < 1.29 is 9.59 Å². The highest BCUT2D eigenvalue weighted by Gasteiger charge is 2.26. The minimum absolute atomic E-state index is 0.0269. The Labute approximate surface area is 177 Å². The molecule has 1 aromatic heterocycles. The molecule has 29 heavy (non-hydrogen) atoms. The first-order chi connectivity index (χ1) is 13.9. The molecule has 0 spiro atoms. The molecule has 1 heterocycles. The van der Waals surface area contributed by atoms with E-state index in [-0.39, 0.29) is 17.7 Å². The second-order valence-electron chi connectivity index (χ2n) is 7.51. The zero-order valence-corrected chi connectivity index (χ0v) is 18.6. The van der Waals surface area contributed by atoms with Crippen molar-refractivity contribution in [3.63, 3.8) is 0 Å². The molecule has 6 nitrogen and oxygen atoms in total. The minimum Gasteiger partial charge on any atom is -0.344 e. The Hall–Kier alpha value is -2.28. The number of anilines is 1. The molecular weight excluding hydrogens is 384 g/mol. The van der Waals surface area contributed by atoms with Crippen LogP contribution in [0.25, 0.3) is 10.6 Å². The summed E-state index contributed by atoms with van der Waals surface area (Å²) in [6, 6.07) is 7.43. The lowest BCUT2D eigenvalue weighted by molar-refractivity contribution is -0.127. The molecule has 2 rings (SSSR count). The van der Waals surface area contributed by atoms with Crippen LogP contribution in [-0.2, 0) is 9.59 Å². The number of unbranched alkanes of at least 4 members (excludes halogenated alkanes) is 3. The van der Waals surface area contributed by atoms with Gasteiger partial charge >= 0.3 is 0 Å². The number of nitrogens with one attached hydrogen (secondary N) is 2. The van der Waals surface area contributed by atoms with E-state index in [0.717, 1.165) is 42.7 Å². The fourth-order valence-corrected chi connectivity index (χ4v) is 3.68. The smallest absolute Gasteiger partial charge is 0.249 e. The number of nitrogens with zero attached hydrogens (tertiary/aromatic N) is 2. The Morgan fingerprint density at radius 1 is 1.07 bits per heavy atom. The summed E-state index contributed by atoms with van der Waals surface area (Å²) in [4.78, 5) is 25.1. The lowest BCUT2D eigenvalue weighted by atomic mass is 9.98. The molecule has 0 aliphatic carbocycles. The molecule has 0 aliphatic rings. The fourth-order valence-electron chi connectivity index (χ4n) is 2.93. The van der Waals surface area contributed by atoms with Gasteiger partial charge in [-0.1, -0.05) is 87.6 Å². The number of amides is 2. The van der Waals surface area contributed by atoms with E-state index in [1.807, 2.05) is 45.0 Å². The largest absolute Gasteiger partial charge is 0.344 e. The van der Waals surface area contributed by atoms with Gasteiger partial charge in [-0.3, -0.25) is 14.9 Å². The van der Waals surface area contributed by atoms with Crippen LogP contribution in [0, 0.1) is 12.8 Å². The summed E-state index contributed by atoms with van der Waals surface area (Å²) in [5.41, 5.74) is 2.14. The Kier molecular flexibility index (Phi) is 9.25. The van der Waals surface area contributed by atoms with Gasteiger partial charge in [0.05, 0.1) is 0 Å². The Morgan fingerprint density at radius 3 is 2.45 bits per heavy atom. The Balaban J connectivity index is 1.99. The van der Waals surface area contributed by atoms with E-state index in [0.29, 0.717) is 11.6 Å². The predicted molar refractivity (Wildman–Crippen MR) is 119 cm³/mol. The quantitative estimate of drug-likeness (QED) is 0.508. The van der Waals surface area contributed by atoms with Crippen LogP contribution in [0.4, 0.5) is 5.13 Å². The Morgan fingerprint density at radius 2 is 1.79 bits per heavy atom. The van der Waals surface area contributed by atoms with Gasteiger partial charge in [0.2, 0.25) is 16.9 Å². The van der Waals surface area contributed by atoms with E-state index in [1.165, 1.54) is 16.9 Å². The molecule has 0 saturated carbocycles. The maximum atomic E-state index is 12.8. The molecule has 0 aliphatic heterocycles. The number of carbonyl (C=O) groups is 2. The van der Waals surface area contributed by atoms with Gasteiger partial charge in [0.1, 0.15) is 11.0 Å². The third-order valence-corrected chi connectivity index (χ3v) is 5.91. The molecule has 2 atom stereocenters. The Bertz CT molecular complexity index is 788. The van der Waals surface area contributed by atoms with Crippen molar-refractivity contribution in [3.05, 3.63) is 29.8 Å². The fraction of sp³-hybridized carbons (Fsp3) is 0.545. The number of hydrogen-bond acceptors (Lipinski definition) is 5. The SMILES string of the molecule is CCCCCCC(=O)N[C@@H](C(=O)Nc1nnc(-c2ccc(C)cc2)s1)[C@@H](C)CC.